The van der Waals surface area contributed by atoms with Crippen LogP contribution in [0.2, 0.25) is 11.3 Å². The first-order valence-corrected chi connectivity index (χ1v) is 14.6. The summed E-state index contributed by atoms with van der Waals surface area (Å²) in [5, 5.41) is 21.1. The highest BCUT2D eigenvalue weighted by molar-refractivity contribution is 6.43. The minimum atomic E-state index is -0.976. The van der Waals surface area contributed by atoms with E-state index in [1.165, 1.54) is 11.1 Å². The quantitative estimate of drug-likeness (QED) is 0.268. The molecule has 0 radical (unpaired) electrons. The van der Waals surface area contributed by atoms with E-state index in [0.717, 1.165) is 43.2 Å². The molecule has 1 aliphatic heterocycles. The van der Waals surface area contributed by atoms with Gasteiger partial charge in [0, 0.05) is 23.0 Å². The molecule has 1 saturated heterocycles. The van der Waals surface area contributed by atoms with Gasteiger partial charge in [-0.15, -0.1) is 0 Å². The molecule has 0 saturated carbocycles. The van der Waals surface area contributed by atoms with Crippen molar-refractivity contribution in [3.8, 4) is 5.75 Å². The molecule has 0 bridgehead atoms. The maximum absolute atomic E-state index is 13.8. The predicted molar refractivity (Wildman–Crippen MR) is 155 cm³/mol. The van der Waals surface area contributed by atoms with Gasteiger partial charge in [0.2, 0.25) is 0 Å². The summed E-state index contributed by atoms with van der Waals surface area (Å²) in [7, 11) is -0.976. The molecule has 1 fully saturated rings. The van der Waals surface area contributed by atoms with Crippen LogP contribution in [0.25, 0.3) is 6.08 Å². The Morgan fingerprint density at radius 2 is 1.79 bits per heavy atom. The summed E-state index contributed by atoms with van der Waals surface area (Å²) < 4.78 is 6.18. The fourth-order valence-corrected chi connectivity index (χ4v) is 7.20. The lowest BCUT2D eigenvalue weighted by atomic mass is 9.54. The number of phenolic OH excluding ortho intramolecular Hbond substituents is 1. The van der Waals surface area contributed by atoms with E-state index in [0.29, 0.717) is 35.3 Å². The molecule has 1 heterocycles. The van der Waals surface area contributed by atoms with Gasteiger partial charge in [-0.25, -0.2) is 0 Å². The van der Waals surface area contributed by atoms with Gasteiger partial charge in [0.05, 0.1) is 11.1 Å². The van der Waals surface area contributed by atoms with Crippen molar-refractivity contribution < 1.29 is 24.4 Å². The molecule has 3 aliphatic rings. The van der Waals surface area contributed by atoms with Crippen LogP contribution in [0, 0.1) is 17.8 Å². The summed E-state index contributed by atoms with van der Waals surface area (Å²) in [6, 6.07) is 12.2. The third-order valence-corrected chi connectivity index (χ3v) is 8.88. The third-order valence-electron chi connectivity index (χ3n) is 8.56. The number of Topliss-reactive ketones (excluding diaryl/α,β-unsaturated/α-hetero) is 2. The van der Waals surface area contributed by atoms with Gasteiger partial charge in [0.25, 0.3) is 0 Å². The standard InChI is InChI=1S/C32H36BClO5/c1-3-7-19(15-20-12-13-22(35)17-27(20)34)11-14-28-29-21(8-4-2)16-25-30(26(29)18-33(38)39-28)32(37)24-10-6-5-9-23(24)31(25)36/h5-6,9-10,12-13,15,17,25-26,28,30,35,38H,3-4,7-8,11,14,16,18H2,1-2H3/b19-15+/t25-,26+,28-,30-/m1/s1. The first-order valence-electron chi connectivity index (χ1n) is 14.2. The molecule has 0 spiro atoms. The van der Waals surface area contributed by atoms with Gasteiger partial charge in [-0.05, 0) is 73.7 Å². The van der Waals surface area contributed by atoms with E-state index < -0.39 is 13.0 Å². The number of carbonyl (C=O) groups is 2. The predicted octanol–water partition coefficient (Wildman–Crippen LogP) is 7.32. The van der Waals surface area contributed by atoms with Crippen LogP contribution in [-0.2, 0) is 4.65 Å². The van der Waals surface area contributed by atoms with Crippen molar-refractivity contribution in [3.05, 3.63) is 80.9 Å². The number of benzene rings is 2. The largest absolute Gasteiger partial charge is 0.508 e. The minimum Gasteiger partial charge on any atom is -0.508 e. The number of ketones is 2. The Morgan fingerprint density at radius 1 is 1.05 bits per heavy atom. The Balaban J connectivity index is 1.47. The van der Waals surface area contributed by atoms with Crippen LogP contribution in [-0.4, -0.2) is 34.9 Å². The zero-order valence-corrected chi connectivity index (χ0v) is 23.4. The van der Waals surface area contributed by atoms with E-state index in [1.54, 1.807) is 24.3 Å². The van der Waals surface area contributed by atoms with Gasteiger partial charge in [-0.3, -0.25) is 9.59 Å². The van der Waals surface area contributed by atoms with Crippen LogP contribution in [0.3, 0.4) is 0 Å². The van der Waals surface area contributed by atoms with Crippen molar-refractivity contribution in [3.63, 3.8) is 0 Å². The molecule has 5 rings (SSSR count). The summed E-state index contributed by atoms with van der Waals surface area (Å²) in [5.41, 5.74) is 5.49. The fourth-order valence-electron chi connectivity index (χ4n) is 6.97. The van der Waals surface area contributed by atoms with Crippen LogP contribution < -0.4 is 0 Å². The molecule has 2 aromatic rings. The highest BCUT2D eigenvalue weighted by Crippen LogP contribution is 2.51. The molecule has 4 atom stereocenters. The first-order chi connectivity index (χ1) is 18.8. The maximum atomic E-state index is 13.8. The fraction of sp³-hybridized carbons (Fsp3) is 0.438. The summed E-state index contributed by atoms with van der Waals surface area (Å²) in [6.45, 7) is 4.27. The molecule has 39 heavy (non-hydrogen) atoms. The number of aromatic hydroxyl groups is 1. The summed E-state index contributed by atoms with van der Waals surface area (Å²) in [4.78, 5) is 27.4. The van der Waals surface area contributed by atoms with E-state index >= 15 is 0 Å². The van der Waals surface area contributed by atoms with Crippen LogP contribution in [0.5, 0.6) is 5.75 Å². The molecule has 0 amide bonds. The minimum absolute atomic E-state index is 0.0228. The number of fused-ring (bicyclic) bond motifs is 4. The van der Waals surface area contributed by atoms with Gasteiger partial charge < -0.3 is 14.8 Å². The number of hydrogen-bond acceptors (Lipinski definition) is 5. The number of halogens is 1. The number of carbonyl (C=O) groups excluding carboxylic acids is 2. The number of hydrogen-bond donors (Lipinski definition) is 2. The first kappa shape index (κ1) is 27.9. The second-order valence-electron chi connectivity index (χ2n) is 11.1. The van der Waals surface area contributed by atoms with E-state index in [1.807, 2.05) is 18.2 Å². The average Bonchev–Trinajstić information content (AvgIpc) is 2.91. The molecule has 5 nitrogen and oxygen atoms in total. The number of phenols is 1. The van der Waals surface area contributed by atoms with Gasteiger partial charge in [0.15, 0.2) is 11.6 Å². The molecular weight excluding hydrogens is 511 g/mol. The highest BCUT2D eigenvalue weighted by Gasteiger charge is 2.53. The molecular formula is C32H36BClO5. The number of allylic oxidation sites excluding steroid dienone is 2. The third kappa shape index (κ3) is 5.52. The lowest BCUT2D eigenvalue weighted by molar-refractivity contribution is 0.0598. The Labute approximate surface area is 236 Å². The van der Waals surface area contributed by atoms with Gasteiger partial charge in [-0.2, -0.15) is 0 Å². The van der Waals surface area contributed by atoms with Gasteiger partial charge in [0.1, 0.15) is 5.75 Å². The Morgan fingerprint density at radius 3 is 2.49 bits per heavy atom. The lowest BCUT2D eigenvalue weighted by Crippen LogP contribution is -2.50. The summed E-state index contributed by atoms with van der Waals surface area (Å²) >= 11 is 6.38. The van der Waals surface area contributed by atoms with Crippen molar-refractivity contribution in [2.75, 3.05) is 0 Å². The molecule has 0 unspecified atom stereocenters. The van der Waals surface area contributed by atoms with Crippen molar-refractivity contribution in [2.45, 2.75) is 71.2 Å². The SMILES string of the molecule is CCCC1=C2[C@@H](CC/C(=C/c3ccc(O)cc3Cl)CCC)OB(O)C[C@@H]2[C@@H]2C(=O)c3ccccc3C(=O)[C@@H]2C1. The van der Waals surface area contributed by atoms with Crippen molar-refractivity contribution in [1.29, 1.82) is 0 Å². The molecule has 7 heteroatoms. The Bertz CT molecular complexity index is 1330. The highest BCUT2D eigenvalue weighted by atomic mass is 35.5. The summed E-state index contributed by atoms with van der Waals surface area (Å²) in [5.74, 6) is -0.816. The lowest BCUT2D eigenvalue weighted by Gasteiger charge is -2.47. The molecule has 2 aromatic carbocycles. The monoisotopic (exact) mass is 546 g/mol. The van der Waals surface area contributed by atoms with Crippen molar-refractivity contribution in [2.24, 2.45) is 17.8 Å². The van der Waals surface area contributed by atoms with Gasteiger partial charge in [-0.1, -0.05) is 79.8 Å². The van der Waals surface area contributed by atoms with Crippen molar-refractivity contribution in [1.82, 2.24) is 0 Å². The normalized spacial score (nSPS) is 24.9. The molecule has 2 aliphatic carbocycles. The average molecular weight is 547 g/mol. The Hall–Kier alpha value is -2.67. The van der Waals surface area contributed by atoms with Gasteiger partial charge >= 0.3 is 7.12 Å². The zero-order chi connectivity index (χ0) is 27.7. The van der Waals surface area contributed by atoms with Crippen LogP contribution in [0.1, 0.15) is 85.1 Å². The molecule has 2 N–H and O–H groups in total. The second kappa shape index (κ2) is 11.8. The van der Waals surface area contributed by atoms with Crippen LogP contribution in [0.15, 0.2) is 59.2 Å². The van der Waals surface area contributed by atoms with E-state index in [9.17, 15) is 19.7 Å². The van der Waals surface area contributed by atoms with Crippen LogP contribution in [0.4, 0.5) is 0 Å². The molecule has 204 valence electrons. The van der Waals surface area contributed by atoms with E-state index in [4.69, 9.17) is 16.3 Å². The van der Waals surface area contributed by atoms with E-state index in [2.05, 4.69) is 19.9 Å². The number of rotatable bonds is 8. The molecule has 0 aromatic heterocycles. The summed E-state index contributed by atoms with van der Waals surface area (Å²) in [6.07, 6.45) is 7.79. The van der Waals surface area contributed by atoms with E-state index in [-0.39, 0.29) is 35.3 Å². The Kier molecular flexibility index (Phi) is 8.46. The maximum Gasteiger partial charge on any atom is 0.455 e. The smallest absolute Gasteiger partial charge is 0.455 e. The van der Waals surface area contributed by atoms with Crippen LogP contribution >= 0.6 is 11.6 Å². The topological polar surface area (TPSA) is 83.8 Å². The zero-order valence-electron chi connectivity index (χ0n) is 22.7. The van der Waals surface area contributed by atoms with Crippen molar-refractivity contribution >= 4 is 36.4 Å². The second-order valence-corrected chi connectivity index (χ2v) is 11.5.